The largest absolute Gasteiger partial charge is 0.472 e. The van der Waals surface area contributed by atoms with Crippen molar-refractivity contribution in [3.8, 4) is 0 Å². The molecule has 2 atom stereocenters. The van der Waals surface area contributed by atoms with Crippen LogP contribution in [0, 0.1) is 0 Å². The van der Waals surface area contributed by atoms with E-state index in [-0.39, 0.29) is 32.0 Å². The highest BCUT2D eigenvalue weighted by Gasteiger charge is 2.27. The summed E-state index contributed by atoms with van der Waals surface area (Å²) in [6.07, 6.45) is 114. The lowest BCUT2D eigenvalue weighted by Gasteiger charge is -2.24. The summed E-state index contributed by atoms with van der Waals surface area (Å²) in [5.41, 5.74) is 0. The summed E-state index contributed by atoms with van der Waals surface area (Å²) in [5, 5.41) is 0. The molecule has 98 heavy (non-hydrogen) atoms. The third kappa shape index (κ3) is 80.9. The fourth-order valence-electron chi connectivity index (χ4n) is 11.2. The number of likely N-dealkylation sites (N-methyl/N-ethyl adjacent to an activating group) is 1. The minimum Gasteiger partial charge on any atom is -0.462 e. The Balaban J connectivity index is 4.08. The number of rotatable bonds is 74. The van der Waals surface area contributed by atoms with Gasteiger partial charge < -0.3 is 18.9 Å². The number of phosphoric ester groups is 1. The van der Waals surface area contributed by atoms with Crippen LogP contribution in [0.5, 0.6) is 0 Å². The topological polar surface area (TPSA) is 108 Å². The smallest absolute Gasteiger partial charge is 0.462 e. The van der Waals surface area contributed by atoms with Crippen molar-refractivity contribution in [2.24, 2.45) is 0 Å². The fourth-order valence-corrected chi connectivity index (χ4v) is 12.0. The van der Waals surface area contributed by atoms with Crippen LogP contribution in [0.2, 0.25) is 0 Å². The molecule has 0 spiro atoms. The van der Waals surface area contributed by atoms with E-state index < -0.39 is 26.5 Å². The van der Waals surface area contributed by atoms with E-state index in [4.69, 9.17) is 18.5 Å². The summed E-state index contributed by atoms with van der Waals surface area (Å²) in [5.74, 6) is -0.845. The minimum atomic E-state index is -4.42. The first-order valence-electron chi connectivity index (χ1n) is 40.6. The molecule has 0 saturated carbocycles. The van der Waals surface area contributed by atoms with E-state index in [1.165, 1.54) is 205 Å². The van der Waals surface area contributed by atoms with Gasteiger partial charge in [0.05, 0.1) is 27.7 Å². The molecule has 0 heterocycles. The maximum atomic E-state index is 12.9. The number of nitrogens with zero attached hydrogens (tertiary/aromatic N) is 1. The molecule has 0 bridgehead atoms. The highest BCUT2D eigenvalue weighted by molar-refractivity contribution is 7.47. The quantitative estimate of drug-likeness (QED) is 0.0211. The molecule has 1 N–H and O–H groups in total. The molecule has 0 aromatic rings. The lowest BCUT2D eigenvalue weighted by atomic mass is 10.0. The number of quaternary nitrogens is 1. The third-order valence-corrected chi connectivity index (χ3v) is 18.4. The van der Waals surface area contributed by atoms with Gasteiger partial charge in [0.1, 0.15) is 19.8 Å². The maximum Gasteiger partial charge on any atom is 0.472 e. The Labute approximate surface area is 605 Å². The van der Waals surface area contributed by atoms with Crippen molar-refractivity contribution in [3.63, 3.8) is 0 Å². The number of hydrogen-bond acceptors (Lipinski definition) is 7. The summed E-state index contributed by atoms with van der Waals surface area (Å²) in [6, 6.07) is 0. The van der Waals surface area contributed by atoms with Gasteiger partial charge in [0.15, 0.2) is 6.10 Å². The number of allylic oxidation sites excluding steroid dienone is 24. The summed E-state index contributed by atoms with van der Waals surface area (Å²) < 4.78 is 34.7. The predicted molar refractivity (Wildman–Crippen MR) is 427 cm³/mol. The first kappa shape index (κ1) is 93.9. The average molecular weight is 1380 g/mol. The molecule has 0 aromatic carbocycles. The molecule has 2 unspecified atom stereocenters. The second-order valence-electron chi connectivity index (χ2n) is 28.1. The second kappa shape index (κ2) is 77.1. The molecule has 0 saturated heterocycles. The van der Waals surface area contributed by atoms with Crippen molar-refractivity contribution < 1.29 is 42.1 Å². The molecule has 0 aliphatic carbocycles. The maximum absolute atomic E-state index is 12.9. The first-order chi connectivity index (χ1) is 48.0. The Morgan fingerprint density at radius 3 is 0.867 bits per heavy atom. The third-order valence-electron chi connectivity index (χ3n) is 17.4. The van der Waals surface area contributed by atoms with Crippen LogP contribution in [-0.2, 0) is 32.7 Å². The molecule has 562 valence electrons. The molecule has 0 aliphatic heterocycles. The fraction of sp³-hybridized carbons (Fsp3) is 0.705. The predicted octanol–water partition coefficient (Wildman–Crippen LogP) is 27.3. The molecule has 10 heteroatoms. The molecule has 0 aliphatic rings. The highest BCUT2D eigenvalue weighted by atomic mass is 31.2. The summed E-state index contributed by atoms with van der Waals surface area (Å²) in [6.45, 7) is 4.30. The van der Waals surface area contributed by atoms with Gasteiger partial charge in [-0.2, -0.15) is 0 Å². The number of phosphoric acid groups is 1. The molecule has 9 nitrogen and oxygen atoms in total. The zero-order valence-corrected chi connectivity index (χ0v) is 65.1. The van der Waals surface area contributed by atoms with Gasteiger partial charge in [0.2, 0.25) is 0 Å². The van der Waals surface area contributed by atoms with E-state index in [9.17, 15) is 19.0 Å². The van der Waals surface area contributed by atoms with Crippen LogP contribution in [0.3, 0.4) is 0 Å². The SMILES string of the molecule is CC/C=C\C/C=C\C/C=C\C/C=C\C/C=C\C/C=C\C/C=C\C/C=C\C/C=C\C/C=C\C/C=C\C/C=C\CCCCC(=O)OC(COC(=O)CCCCCCCCCCCCCCCCCCCCCCCCCCCCCCCCCCCCC)COP(=O)(O)OCC[N+](C)(C)C. The van der Waals surface area contributed by atoms with Crippen LogP contribution in [0.1, 0.15) is 348 Å². The van der Waals surface area contributed by atoms with Gasteiger partial charge >= 0.3 is 19.8 Å². The Morgan fingerprint density at radius 1 is 0.327 bits per heavy atom. The standard InChI is InChI=1S/C88H152NO8P/c1-6-8-10-12-14-16-18-20-22-24-26-28-30-32-34-36-38-40-42-43-44-45-47-49-51-53-55-57-59-61-63-65-67-69-71-73-75-77-79-81-88(91)97-86(85-96-98(92,93)95-83-82-89(3,4)5)84-94-87(90)80-78-76-74-72-70-68-66-64-62-60-58-56-54-52-50-48-46-41-39-37-35-33-31-29-27-25-23-21-19-17-15-13-11-9-7-2/h8,10,14,16,20,22,26,28,32,34,38,40,43-44,47,49,53,55,59,61,65,67,71,73,86H,6-7,9,11-13,15,17-19,21,23-25,27,29-31,33,35-37,39,41-42,45-46,48,50-52,54,56-58,60,62-64,66,68-70,72,74-85H2,1-5H3/p+1/b10-8-,16-14-,22-20-,28-26-,34-32-,40-38-,44-43-,49-47-,55-53-,61-59-,67-65-,73-71-. The van der Waals surface area contributed by atoms with Crippen LogP contribution in [-0.4, -0.2) is 74.9 Å². The lowest BCUT2D eigenvalue weighted by molar-refractivity contribution is -0.870. The van der Waals surface area contributed by atoms with E-state index in [0.29, 0.717) is 17.4 Å². The van der Waals surface area contributed by atoms with E-state index >= 15 is 0 Å². The molecule has 0 aromatic heterocycles. The van der Waals surface area contributed by atoms with E-state index in [2.05, 4.69) is 160 Å². The van der Waals surface area contributed by atoms with Gasteiger partial charge in [0.25, 0.3) is 0 Å². The number of ether oxygens (including phenoxy) is 2. The van der Waals surface area contributed by atoms with Crippen LogP contribution >= 0.6 is 7.82 Å². The molecule has 0 radical (unpaired) electrons. The van der Waals surface area contributed by atoms with Gasteiger partial charge in [-0.25, -0.2) is 4.57 Å². The monoisotopic (exact) mass is 1380 g/mol. The van der Waals surface area contributed by atoms with E-state index in [0.717, 1.165) is 109 Å². The van der Waals surface area contributed by atoms with E-state index in [1.54, 1.807) is 0 Å². The Morgan fingerprint density at radius 2 is 0.582 bits per heavy atom. The zero-order chi connectivity index (χ0) is 71.1. The molecular weight excluding hydrogens is 1230 g/mol. The van der Waals surface area contributed by atoms with Crippen LogP contribution in [0.4, 0.5) is 0 Å². The Kier molecular flexibility index (Phi) is 73.8. The Hall–Kier alpha value is -4.11. The first-order valence-corrected chi connectivity index (χ1v) is 42.1. The molecule has 0 fully saturated rings. The lowest BCUT2D eigenvalue weighted by Crippen LogP contribution is -2.37. The Bertz CT molecular complexity index is 2170. The van der Waals surface area contributed by atoms with Crippen LogP contribution < -0.4 is 0 Å². The van der Waals surface area contributed by atoms with Gasteiger partial charge in [0, 0.05) is 12.8 Å². The summed E-state index contributed by atoms with van der Waals surface area (Å²) in [4.78, 5) is 36.0. The van der Waals surface area contributed by atoms with Crippen molar-refractivity contribution in [3.05, 3.63) is 146 Å². The van der Waals surface area contributed by atoms with Gasteiger partial charge in [-0.05, 0) is 103 Å². The highest BCUT2D eigenvalue weighted by Crippen LogP contribution is 2.43. The van der Waals surface area contributed by atoms with Crippen molar-refractivity contribution in [1.29, 1.82) is 0 Å². The molecule has 0 amide bonds. The number of hydrogen-bond donors (Lipinski definition) is 1. The minimum absolute atomic E-state index is 0.0172. The summed E-state index contributed by atoms with van der Waals surface area (Å²) in [7, 11) is 1.44. The van der Waals surface area contributed by atoms with E-state index in [1.807, 2.05) is 21.1 Å². The number of carbonyl (C=O) groups is 2. The average Bonchev–Trinajstić information content (AvgIpc) is 1.23. The second-order valence-corrected chi connectivity index (χ2v) is 29.5. The van der Waals surface area contributed by atoms with Crippen molar-refractivity contribution in [1.82, 2.24) is 0 Å². The van der Waals surface area contributed by atoms with Crippen LogP contribution in [0.25, 0.3) is 0 Å². The van der Waals surface area contributed by atoms with Gasteiger partial charge in [-0.1, -0.05) is 378 Å². The normalized spacial score (nSPS) is 13.8. The number of esters is 2. The number of carbonyl (C=O) groups excluding carboxylic acids is 2. The van der Waals surface area contributed by atoms with Crippen LogP contribution in [0.15, 0.2) is 146 Å². The molecular formula is C88H153NO8P+. The summed E-state index contributed by atoms with van der Waals surface area (Å²) >= 11 is 0. The number of unbranched alkanes of at least 4 members (excludes halogenated alkanes) is 36. The van der Waals surface area contributed by atoms with Gasteiger partial charge in [-0.15, -0.1) is 0 Å². The van der Waals surface area contributed by atoms with Crippen molar-refractivity contribution in [2.45, 2.75) is 354 Å². The zero-order valence-electron chi connectivity index (χ0n) is 64.2. The van der Waals surface area contributed by atoms with Crippen molar-refractivity contribution in [2.75, 3.05) is 47.5 Å². The molecule has 0 rings (SSSR count). The van der Waals surface area contributed by atoms with Crippen molar-refractivity contribution >= 4 is 19.8 Å². The van der Waals surface area contributed by atoms with Gasteiger partial charge in [-0.3, -0.25) is 18.6 Å².